The largest absolute Gasteiger partial charge is 0.253 e. The van der Waals surface area contributed by atoms with Gasteiger partial charge in [0.05, 0.1) is 27.2 Å². The number of hydrogen-bond acceptors (Lipinski definition) is 0. The van der Waals surface area contributed by atoms with Crippen LogP contribution >= 0.6 is 0 Å². The zero-order valence-corrected chi connectivity index (χ0v) is 18.2. The summed E-state index contributed by atoms with van der Waals surface area (Å²) in [7, 11) is 4.19. The number of aromatic nitrogens is 4. The van der Waals surface area contributed by atoms with Crippen molar-refractivity contribution in [3.05, 3.63) is 36.4 Å². The van der Waals surface area contributed by atoms with Gasteiger partial charge in [-0.3, -0.25) is 0 Å². The smallest absolute Gasteiger partial charge is 0.237 e. The molecule has 0 bridgehead atoms. The third-order valence-corrected chi connectivity index (χ3v) is 5.30. The summed E-state index contributed by atoms with van der Waals surface area (Å²) in [5, 5.41) is 0. The molecule has 0 saturated carbocycles. The highest BCUT2D eigenvalue weighted by atomic mass is 15.1. The van der Waals surface area contributed by atoms with Gasteiger partial charge >= 0.3 is 0 Å². The first-order valence-corrected chi connectivity index (χ1v) is 10.5. The van der Waals surface area contributed by atoms with Crippen molar-refractivity contribution in [2.24, 2.45) is 14.1 Å². The average molecular weight is 363 g/mol. The minimum Gasteiger partial charge on any atom is -0.237 e. The van der Waals surface area contributed by atoms with Gasteiger partial charge in [-0.05, 0) is 25.7 Å². The molecule has 0 aliphatic rings. The Morgan fingerprint density at radius 1 is 0.654 bits per heavy atom. The van der Waals surface area contributed by atoms with E-state index in [-0.39, 0.29) is 0 Å². The molecule has 4 heteroatoms. The zero-order valence-electron chi connectivity index (χ0n) is 18.2. The Balaban J connectivity index is 0.000000260. The molecule has 0 N–H and O–H groups in total. The van der Waals surface area contributed by atoms with E-state index < -0.39 is 0 Å². The standard InChI is InChI=1S/2C11H21N2/c2*1-4-5-6-7-8-13-10-9-12(3)11(13)2/h2*9-10H,4-8H2,1-3H3/q2*+1. The summed E-state index contributed by atoms with van der Waals surface area (Å²) in [6, 6.07) is 0. The predicted molar refractivity (Wildman–Crippen MR) is 109 cm³/mol. The van der Waals surface area contributed by atoms with Crippen molar-refractivity contribution in [2.45, 2.75) is 92.2 Å². The highest BCUT2D eigenvalue weighted by Crippen LogP contribution is 2.03. The van der Waals surface area contributed by atoms with Gasteiger partial charge in [-0.25, -0.2) is 18.3 Å². The summed E-state index contributed by atoms with van der Waals surface area (Å²) in [4.78, 5) is 0. The molecule has 2 aromatic rings. The molecule has 0 unspecified atom stereocenters. The lowest BCUT2D eigenvalue weighted by Gasteiger charge is -1.98. The van der Waals surface area contributed by atoms with Crippen LogP contribution in [-0.4, -0.2) is 9.13 Å². The van der Waals surface area contributed by atoms with Gasteiger partial charge in [0.25, 0.3) is 11.6 Å². The Morgan fingerprint density at radius 2 is 1.04 bits per heavy atom. The minimum atomic E-state index is 1.17. The second-order valence-corrected chi connectivity index (χ2v) is 7.42. The van der Waals surface area contributed by atoms with Crippen LogP contribution in [0.1, 0.15) is 76.9 Å². The fourth-order valence-electron chi connectivity index (χ4n) is 3.09. The summed E-state index contributed by atoms with van der Waals surface area (Å²) in [5.41, 5.74) is 0. The van der Waals surface area contributed by atoms with Gasteiger partial charge in [0, 0.05) is 13.8 Å². The van der Waals surface area contributed by atoms with Gasteiger partial charge in [-0.1, -0.05) is 39.5 Å². The van der Waals surface area contributed by atoms with Gasteiger partial charge in [0.1, 0.15) is 24.8 Å². The summed E-state index contributed by atoms with van der Waals surface area (Å²) in [6.45, 7) is 11.2. The fourth-order valence-corrected chi connectivity index (χ4v) is 3.09. The number of imidazole rings is 2. The maximum atomic E-state index is 2.33. The summed E-state index contributed by atoms with van der Waals surface area (Å²) in [5.74, 6) is 2.69. The van der Waals surface area contributed by atoms with Crippen molar-refractivity contribution < 1.29 is 9.13 Å². The van der Waals surface area contributed by atoms with Crippen LogP contribution in [0.4, 0.5) is 0 Å². The van der Waals surface area contributed by atoms with Crippen LogP contribution in [-0.2, 0) is 27.2 Å². The van der Waals surface area contributed by atoms with E-state index in [9.17, 15) is 0 Å². The molecule has 2 rings (SSSR count). The first kappa shape index (κ1) is 22.5. The lowest BCUT2D eigenvalue weighted by atomic mass is 10.2. The molecular formula is C22H42N4+2. The summed E-state index contributed by atoms with van der Waals surface area (Å²) < 4.78 is 8.99. The molecule has 2 heterocycles. The maximum Gasteiger partial charge on any atom is 0.253 e. The van der Waals surface area contributed by atoms with Crippen molar-refractivity contribution in [1.82, 2.24) is 9.13 Å². The van der Waals surface area contributed by atoms with Crippen molar-refractivity contribution >= 4 is 0 Å². The third kappa shape index (κ3) is 7.76. The molecular weight excluding hydrogens is 320 g/mol. The molecule has 0 aromatic carbocycles. The zero-order chi connectivity index (χ0) is 19.4. The van der Waals surface area contributed by atoms with E-state index in [4.69, 9.17) is 0 Å². The van der Waals surface area contributed by atoms with Crippen molar-refractivity contribution in [3.63, 3.8) is 0 Å². The van der Waals surface area contributed by atoms with E-state index >= 15 is 0 Å². The first-order valence-electron chi connectivity index (χ1n) is 10.5. The van der Waals surface area contributed by atoms with Gasteiger partial charge in [-0.15, -0.1) is 0 Å². The third-order valence-electron chi connectivity index (χ3n) is 5.30. The highest BCUT2D eigenvalue weighted by Gasteiger charge is 2.07. The van der Waals surface area contributed by atoms with Crippen LogP contribution in [0, 0.1) is 13.8 Å². The number of hydrogen-bond donors (Lipinski definition) is 0. The van der Waals surface area contributed by atoms with E-state index in [1.54, 1.807) is 0 Å². The molecule has 0 amide bonds. The predicted octanol–water partition coefficient (Wildman–Crippen LogP) is 4.40. The quantitative estimate of drug-likeness (QED) is 0.440. The second-order valence-electron chi connectivity index (χ2n) is 7.42. The normalized spacial score (nSPS) is 10.7. The topological polar surface area (TPSA) is 17.6 Å². The Hall–Kier alpha value is -1.58. The molecule has 0 aliphatic carbocycles. The average Bonchev–Trinajstić information content (AvgIpc) is 3.13. The maximum absolute atomic E-state index is 2.33. The Labute approximate surface area is 161 Å². The van der Waals surface area contributed by atoms with E-state index in [1.807, 2.05) is 0 Å². The molecule has 0 atom stereocenters. The second kappa shape index (κ2) is 12.7. The van der Waals surface area contributed by atoms with Gasteiger partial charge in [0.2, 0.25) is 0 Å². The number of aryl methyl sites for hydroxylation is 4. The van der Waals surface area contributed by atoms with Crippen LogP contribution in [0.5, 0.6) is 0 Å². The van der Waals surface area contributed by atoms with Crippen LogP contribution in [0.15, 0.2) is 24.8 Å². The van der Waals surface area contributed by atoms with Crippen molar-refractivity contribution in [1.29, 1.82) is 0 Å². The van der Waals surface area contributed by atoms with Crippen molar-refractivity contribution in [2.75, 3.05) is 0 Å². The number of rotatable bonds is 10. The highest BCUT2D eigenvalue weighted by molar-refractivity contribution is 4.79. The van der Waals surface area contributed by atoms with E-state index in [2.05, 4.69) is 84.8 Å². The first-order chi connectivity index (χ1) is 12.5. The monoisotopic (exact) mass is 362 g/mol. The lowest BCUT2D eigenvalue weighted by Crippen LogP contribution is -2.29. The lowest BCUT2D eigenvalue weighted by molar-refractivity contribution is -0.677. The molecule has 148 valence electrons. The van der Waals surface area contributed by atoms with Crippen LogP contribution in [0.25, 0.3) is 0 Å². The SMILES string of the molecule is CCCCCCn1cc[n+](C)c1C.CCCCCCn1cc[n+](C)c1C. The fraction of sp³-hybridized carbons (Fsp3) is 0.727. The summed E-state index contributed by atoms with van der Waals surface area (Å²) >= 11 is 0. The molecule has 0 saturated heterocycles. The van der Waals surface area contributed by atoms with Gasteiger partial charge in [-0.2, -0.15) is 0 Å². The van der Waals surface area contributed by atoms with Crippen molar-refractivity contribution in [3.8, 4) is 0 Å². The summed E-state index contributed by atoms with van der Waals surface area (Å²) in [6.07, 6.45) is 19.3. The molecule has 26 heavy (non-hydrogen) atoms. The Kier molecular flexibility index (Phi) is 11.0. The van der Waals surface area contributed by atoms with Crippen LogP contribution in [0.2, 0.25) is 0 Å². The Bertz CT molecular complexity index is 555. The van der Waals surface area contributed by atoms with E-state index in [0.717, 1.165) is 0 Å². The molecule has 0 radical (unpaired) electrons. The molecule has 0 aliphatic heterocycles. The van der Waals surface area contributed by atoms with Crippen LogP contribution in [0.3, 0.4) is 0 Å². The molecule has 4 nitrogen and oxygen atoms in total. The number of unbranched alkanes of at least 4 members (excludes halogenated alkanes) is 6. The Morgan fingerprint density at radius 3 is 1.31 bits per heavy atom. The van der Waals surface area contributed by atoms with E-state index in [0.29, 0.717) is 0 Å². The van der Waals surface area contributed by atoms with Gasteiger partial charge in [0.15, 0.2) is 0 Å². The van der Waals surface area contributed by atoms with E-state index in [1.165, 1.54) is 76.1 Å². The molecule has 0 spiro atoms. The molecule has 0 fully saturated rings. The number of nitrogens with zero attached hydrogens (tertiary/aromatic N) is 4. The minimum absolute atomic E-state index is 1.17. The van der Waals surface area contributed by atoms with Gasteiger partial charge < -0.3 is 0 Å². The molecule has 2 aromatic heterocycles. The van der Waals surface area contributed by atoms with Crippen LogP contribution < -0.4 is 9.13 Å².